The average Bonchev–Trinajstić information content (AvgIpc) is 3.46. The number of ether oxygens (including phenoxy) is 2. The quantitative estimate of drug-likeness (QED) is 0.431. The fourth-order valence-corrected chi connectivity index (χ4v) is 5.75. The summed E-state index contributed by atoms with van der Waals surface area (Å²) in [7, 11) is 0. The Kier molecular flexibility index (Phi) is 7.68. The molecule has 0 radical (unpaired) electrons. The van der Waals surface area contributed by atoms with Gasteiger partial charge in [-0.05, 0) is 76.1 Å². The van der Waals surface area contributed by atoms with Crippen LogP contribution in [0.3, 0.4) is 0 Å². The van der Waals surface area contributed by atoms with Gasteiger partial charge < -0.3 is 25.6 Å². The summed E-state index contributed by atoms with van der Waals surface area (Å²) in [6, 6.07) is 8.02. The van der Waals surface area contributed by atoms with E-state index in [1.165, 1.54) is 0 Å². The third-order valence-electron chi connectivity index (χ3n) is 7.34. The minimum atomic E-state index is -0.944. The molecule has 3 atom stereocenters. The number of H-pyrrole nitrogens is 1. The van der Waals surface area contributed by atoms with E-state index in [4.69, 9.17) is 15.2 Å². The number of carbonyl (C=O) groups excluding carboxylic acids is 1. The fourth-order valence-electron chi connectivity index (χ4n) is 5.75. The molecule has 2 aromatic rings. The largest absolute Gasteiger partial charge is 0.444 e. The standard InChI is InChI=1S/C30H37N5O4/c1-17(2)30(24(15-31)26(32)38-27-25(30)18(3)34-35-27)22-12-20(11-21(13-22)16-36)8-7-19-9-10-23(14-19)33-28(37)39-29(4,5)6/h11-13,17,19,23,36H,9-10,14,16,32H2,1-6H3,(H,33,37)(H,34,35)/t19-,23-,30?/m0/s1. The minimum Gasteiger partial charge on any atom is -0.444 e. The number of nitrogens with one attached hydrogen (secondary N) is 2. The van der Waals surface area contributed by atoms with Gasteiger partial charge >= 0.3 is 6.09 Å². The van der Waals surface area contributed by atoms with Gasteiger partial charge in [0, 0.05) is 23.2 Å². The third-order valence-corrected chi connectivity index (χ3v) is 7.34. The van der Waals surface area contributed by atoms with E-state index >= 15 is 0 Å². The van der Waals surface area contributed by atoms with Crippen molar-refractivity contribution < 1.29 is 19.4 Å². The highest BCUT2D eigenvalue weighted by atomic mass is 16.6. The summed E-state index contributed by atoms with van der Waals surface area (Å²) in [5.41, 5.74) is 8.80. The van der Waals surface area contributed by atoms with E-state index in [2.05, 4.69) is 33.4 Å². The lowest BCUT2D eigenvalue weighted by molar-refractivity contribution is 0.0505. The lowest BCUT2D eigenvalue weighted by atomic mass is 9.61. The SMILES string of the molecule is Cc1[nH]nc2c1C(c1cc(C#C[C@H]3CC[C@H](NC(=O)OC(C)(C)C)C3)cc(CO)c1)(C(C)C)C(C#N)=C(N)O2. The van der Waals surface area contributed by atoms with Crippen molar-refractivity contribution in [2.24, 2.45) is 17.6 Å². The zero-order valence-corrected chi connectivity index (χ0v) is 23.4. The highest BCUT2D eigenvalue weighted by Crippen LogP contribution is 2.52. The van der Waals surface area contributed by atoms with Crippen LogP contribution in [0.25, 0.3) is 0 Å². The summed E-state index contributed by atoms with van der Waals surface area (Å²) in [5.74, 6) is 7.03. The van der Waals surface area contributed by atoms with Gasteiger partial charge in [0.05, 0.1) is 17.6 Å². The van der Waals surface area contributed by atoms with Crippen LogP contribution in [0.15, 0.2) is 29.7 Å². The van der Waals surface area contributed by atoms with Gasteiger partial charge in [-0.15, -0.1) is 5.10 Å². The van der Waals surface area contributed by atoms with Crippen molar-refractivity contribution in [3.05, 3.63) is 57.6 Å². The molecule has 4 rings (SSSR count). The molecule has 2 aliphatic rings. The monoisotopic (exact) mass is 531 g/mol. The minimum absolute atomic E-state index is 0.0127. The van der Waals surface area contributed by atoms with Crippen molar-refractivity contribution >= 4 is 6.09 Å². The Balaban J connectivity index is 1.69. The highest BCUT2D eigenvalue weighted by molar-refractivity contribution is 5.68. The first-order valence-corrected chi connectivity index (χ1v) is 13.3. The molecule has 0 saturated heterocycles. The maximum absolute atomic E-state index is 12.2. The zero-order valence-electron chi connectivity index (χ0n) is 23.4. The van der Waals surface area contributed by atoms with Crippen LogP contribution < -0.4 is 15.8 Å². The van der Waals surface area contributed by atoms with Crippen molar-refractivity contribution in [1.29, 1.82) is 5.26 Å². The molecule has 206 valence electrons. The Morgan fingerprint density at radius 1 is 1.36 bits per heavy atom. The molecule has 1 unspecified atom stereocenters. The normalized spacial score (nSPS) is 22.4. The fraction of sp³-hybridized carbons (Fsp3) is 0.500. The number of nitrogens with zero attached hydrogens (tertiary/aromatic N) is 2. The number of nitriles is 1. The molecule has 9 heteroatoms. The van der Waals surface area contributed by atoms with Gasteiger partial charge in [-0.25, -0.2) is 4.79 Å². The van der Waals surface area contributed by atoms with Gasteiger partial charge in [0.1, 0.15) is 17.2 Å². The molecule has 5 N–H and O–H groups in total. The van der Waals surface area contributed by atoms with E-state index in [1.54, 1.807) is 0 Å². The predicted molar refractivity (Wildman–Crippen MR) is 146 cm³/mol. The van der Waals surface area contributed by atoms with Crippen LogP contribution in [-0.2, 0) is 16.8 Å². The van der Waals surface area contributed by atoms with Gasteiger partial charge in [0.2, 0.25) is 11.8 Å². The Hall–Kier alpha value is -3.95. The van der Waals surface area contributed by atoms with Crippen molar-refractivity contribution in [1.82, 2.24) is 15.5 Å². The number of amides is 1. The van der Waals surface area contributed by atoms with Gasteiger partial charge in [-0.1, -0.05) is 31.8 Å². The summed E-state index contributed by atoms with van der Waals surface area (Å²) in [5, 5.41) is 30.6. The number of aryl methyl sites for hydroxylation is 1. The number of carbonyl (C=O) groups is 1. The molecule has 1 saturated carbocycles. The van der Waals surface area contributed by atoms with Gasteiger partial charge in [0.15, 0.2) is 0 Å². The maximum atomic E-state index is 12.2. The smallest absolute Gasteiger partial charge is 0.407 e. The van der Waals surface area contributed by atoms with Crippen molar-refractivity contribution in [2.75, 3.05) is 0 Å². The Morgan fingerprint density at radius 2 is 2.10 bits per heavy atom. The topological polar surface area (TPSA) is 146 Å². The van der Waals surface area contributed by atoms with Gasteiger partial charge in [-0.3, -0.25) is 5.10 Å². The van der Waals surface area contributed by atoms with Crippen LogP contribution >= 0.6 is 0 Å². The Bertz CT molecular complexity index is 1400. The van der Waals surface area contributed by atoms with E-state index < -0.39 is 17.1 Å². The first-order chi connectivity index (χ1) is 18.4. The van der Waals surface area contributed by atoms with Crippen molar-refractivity contribution in [2.45, 2.75) is 84.5 Å². The molecule has 1 aliphatic carbocycles. The van der Waals surface area contributed by atoms with E-state index in [-0.39, 0.29) is 30.4 Å². The lowest BCUT2D eigenvalue weighted by Crippen LogP contribution is -2.41. The third kappa shape index (κ3) is 5.46. The van der Waals surface area contributed by atoms with Crippen LogP contribution in [0.1, 0.15) is 81.8 Å². The summed E-state index contributed by atoms with van der Waals surface area (Å²) < 4.78 is 11.1. The molecule has 2 heterocycles. The van der Waals surface area contributed by atoms with Crippen LogP contribution in [0.5, 0.6) is 5.88 Å². The molecule has 39 heavy (non-hydrogen) atoms. The number of hydrogen-bond donors (Lipinski definition) is 4. The second kappa shape index (κ2) is 10.7. The predicted octanol–water partition coefficient (Wildman–Crippen LogP) is 4.28. The summed E-state index contributed by atoms with van der Waals surface area (Å²) in [4.78, 5) is 12.2. The number of alkyl carbamates (subject to hydrolysis) is 1. The number of aliphatic hydroxyl groups is 1. The van der Waals surface area contributed by atoms with E-state index in [0.29, 0.717) is 17.0 Å². The average molecular weight is 532 g/mol. The van der Waals surface area contributed by atoms with Crippen molar-refractivity contribution in [3.63, 3.8) is 0 Å². The molecule has 1 aromatic carbocycles. The molecule has 1 fully saturated rings. The van der Waals surface area contributed by atoms with E-state index in [9.17, 15) is 15.2 Å². The Morgan fingerprint density at radius 3 is 2.74 bits per heavy atom. The van der Waals surface area contributed by atoms with Crippen LogP contribution in [0, 0.1) is 41.9 Å². The highest BCUT2D eigenvalue weighted by Gasteiger charge is 2.50. The molecule has 0 bridgehead atoms. The summed E-state index contributed by atoms with van der Waals surface area (Å²) >= 11 is 0. The van der Waals surface area contributed by atoms with Crippen LogP contribution in [0.4, 0.5) is 4.79 Å². The summed E-state index contributed by atoms with van der Waals surface area (Å²) in [6.45, 7) is 11.3. The number of allylic oxidation sites excluding steroid dienone is 1. The second-order valence-electron chi connectivity index (χ2n) is 11.6. The molecule has 1 aromatic heterocycles. The van der Waals surface area contributed by atoms with Crippen LogP contribution in [0.2, 0.25) is 0 Å². The number of hydrogen-bond acceptors (Lipinski definition) is 7. The molecule has 9 nitrogen and oxygen atoms in total. The molecule has 1 amide bonds. The number of fused-ring (bicyclic) bond motifs is 1. The first kappa shape index (κ1) is 28.1. The number of aromatic nitrogens is 2. The number of rotatable bonds is 4. The zero-order chi connectivity index (χ0) is 28.5. The molecular weight excluding hydrogens is 494 g/mol. The summed E-state index contributed by atoms with van der Waals surface area (Å²) in [6.07, 6.45) is 2.02. The number of aliphatic hydroxyl groups excluding tert-OH is 1. The second-order valence-corrected chi connectivity index (χ2v) is 11.6. The first-order valence-electron chi connectivity index (χ1n) is 13.3. The van der Waals surface area contributed by atoms with Gasteiger partial charge in [0.25, 0.3) is 0 Å². The number of nitrogens with two attached hydrogens (primary N) is 1. The lowest BCUT2D eigenvalue weighted by Gasteiger charge is -2.41. The molecule has 0 spiro atoms. The van der Waals surface area contributed by atoms with E-state index in [1.807, 2.05) is 59.7 Å². The number of benzene rings is 1. The Labute approximate surface area is 229 Å². The molecular formula is C30H37N5O4. The van der Waals surface area contributed by atoms with Gasteiger partial charge in [-0.2, -0.15) is 5.26 Å². The molecule has 1 aliphatic heterocycles. The van der Waals surface area contributed by atoms with Crippen molar-refractivity contribution in [3.8, 4) is 23.8 Å². The number of aromatic amines is 1. The maximum Gasteiger partial charge on any atom is 0.407 e. The van der Waals surface area contributed by atoms with E-state index in [0.717, 1.165) is 41.6 Å². The van der Waals surface area contributed by atoms with Crippen LogP contribution in [-0.4, -0.2) is 33.0 Å².